The first-order valence-electron chi connectivity index (χ1n) is 6.18. The summed E-state index contributed by atoms with van der Waals surface area (Å²) in [4.78, 5) is 26.5. The molecule has 0 spiro atoms. The third kappa shape index (κ3) is 2.40. The van der Waals surface area contributed by atoms with Crippen molar-refractivity contribution >= 4 is 17.6 Å². The van der Waals surface area contributed by atoms with E-state index in [1.165, 1.54) is 6.39 Å². The van der Waals surface area contributed by atoms with Gasteiger partial charge in [0.05, 0.1) is 18.0 Å². The smallest absolute Gasteiger partial charge is 0.307 e. The Labute approximate surface area is 114 Å². The number of rotatable bonds is 4. The van der Waals surface area contributed by atoms with E-state index in [1.807, 2.05) is 6.07 Å². The second-order valence-electron chi connectivity index (χ2n) is 4.72. The molecule has 6 heteroatoms. The average molecular weight is 272 g/mol. The minimum absolute atomic E-state index is 0.257. The molecule has 1 amide bonds. The summed E-state index contributed by atoms with van der Waals surface area (Å²) in [5.74, 6) is -1.54. The normalized spacial score (nSPS) is 20.4. The van der Waals surface area contributed by atoms with Crippen LogP contribution in [-0.4, -0.2) is 22.0 Å². The Bertz CT molecular complexity index is 651. The zero-order chi connectivity index (χ0) is 14.1. The van der Waals surface area contributed by atoms with Gasteiger partial charge in [0.15, 0.2) is 12.2 Å². The number of nitrogens with zero attached hydrogens (tertiary/aromatic N) is 1. The van der Waals surface area contributed by atoms with Gasteiger partial charge >= 0.3 is 5.97 Å². The Morgan fingerprint density at radius 3 is 2.85 bits per heavy atom. The summed E-state index contributed by atoms with van der Waals surface area (Å²) < 4.78 is 5.19. The molecule has 102 valence electrons. The highest BCUT2D eigenvalue weighted by Crippen LogP contribution is 2.39. The summed E-state index contributed by atoms with van der Waals surface area (Å²) in [7, 11) is 0. The van der Waals surface area contributed by atoms with Gasteiger partial charge in [-0.3, -0.25) is 9.59 Å². The Kier molecular flexibility index (Phi) is 2.98. The van der Waals surface area contributed by atoms with E-state index in [0.29, 0.717) is 17.9 Å². The van der Waals surface area contributed by atoms with Crippen LogP contribution in [0.5, 0.6) is 0 Å². The van der Waals surface area contributed by atoms with Crippen molar-refractivity contribution in [3.8, 4) is 11.3 Å². The van der Waals surface area contributed by atoms with Crippen LogP contribution < -0.4 is 5.32 Å². The van der Waals surface area contributed by atoms with Gasteiger partial charge in [-0.05, 0) is 18.6 Å². The number of oxazole rings is 1. The Morgan fingerprint density at radius 2 is 2.20 bits per heavy atom. The van der Waals surface area contributed by atoms with Crippen molar-refractivity contribution in [1.29, 1.82) is 0 Å². The van der Waals surface area contributed by atoms with Gasteiger partial charge in [-0.2, -0.15) is 0 Å². The van der Waals surface area contributed by atoms with Gasteiger partial charge in [0, 0.05) is 11.3 Å². The highest BCUT2D eigenvalue weighted by molar-refractivity contribution is 5.98. The number of anilines is 1. The van der Waals surface area contributed by atoms with Crippen LogP contribution in [0.1, 0.15) is 6.42 Å². The molecule has 2 N–H and O–H groups in total. The number of aliphatic carboxylic acids is 1. The molecule has 0 saturated heterocycles. The zero-order valence-electron chi connectivity index (χ0n) is 10.4. The van der Waals surface area contributed by atoms with E-state index in [0.717, 1.165) is 5.56 Å². The molecule has 1 aliphatic carbocycles. The van der Waals surface area contributed by atoms with Crippen LogP contribution in [0.15, 0.2) is 41.3 Å². The average Bonchev–Trinajstić information content (AvgIpc) is 3.06. The maximum absolute atomic E-state index is 11.9. The summed E-state index contributed by atoms with van der Waals surface area (Å²) >= 11 is 0. The third-order valence-electron chi connectivity index (χ3n) is 3.29. The molecule has 20 heavy (non-hydrogen) atoms. The highest BCUT2D eigenvalue weighted by Gasteiger charge is 2.48. The highest BCUT2D eigenvalue weighted by atomic mass is 16.4. The van der Waals surface area contributed by atoms with Gasteiger partial charge in [-0.15, -0.1) is 0 Å². The SMILES string of the molecule is O=C(O)C1CC1C(=O)Nc1cccc(-c2cnco2)c1. The van der Waals surface area contributed by atoms with E-state index < -0.39 is 17.8 Å². The van der Waals surface area contributed by atoms with Crippen molar-refractivity contribution in [3.05, 3.63) is 36.9 Å². The lowest BCUT2D eigenvalue weighted by atomic mass is 10.1. The van der Waals surface area contributed by atoms with Gasteiger partial charge in [0.1, 0.15) is 0 Å². The van der Waals surface area contributed by atoms with E-state index in [4.69, 9.17) is 9.52 Å². The fraction of sp³-hybridized carbons (Fsp3) is 0.214. The topological polar surface area (TPSA) is 92.4 Å². The molecule has 1 aromatic heterocycles. The molecule has 2 aromatic rings. The van der Waals surface area contributed by atoms with Gasteiger partial charge in [-0.1, -0.05) is 12.1 Å². The number of amides is 1. The largest absolute Gasteiger partial charge is 0.481 e. The number of nitrogens with one attached hydrogen (secondary N) is 1. The van der Waals surface area contributed by atoms with Crippen LogP contribution >= 0.6 is 0 Å². The molecule has 2 unspecified atom stereocenters. The fourth-order valence-corrected chi connectivity index (χ4v) is 2.10. The van der Waals surface area contributed by atoms with Crippen molar-refractivity contribution in [2.24, 2.45) is 11.8 Å². The molecule has 1 fully saturated rings. The number of hydrogen-bond acceptors (Lipinski definition) is 4. The van der Waals surface area contributed by atoms with Crippen molar-refractivity contribution in [2.75, 3.05) is 5.32 Å². The van der Waals surface area contributed by atoms with Crippen LogP contribution in [0.25, 0.3) is 11.3 Å². The minimum Gasteiger partial charge on any atom is -0.481 e. The maximum Gasteiger partial charge on any atom is 0.307 e. The van der Waals surface area contributed by atoms with Crippen LogP contribution in [0.2, 0.25) is 0 Å². The molecule has 3 rings (SSSR count). The molecule has 1 aromatic carbocycles. The molecule has 0 aliphatic heterocycles. The number of carboxylic acid groups (broad SMARTS) is 1. The van der Waals surface area contributed by atoms with Crippen molar-refractivity contribution in [1.82, 2.24) is 4.98 Å². The molecule has 6 nitrogen and oxygen atoms in total. The van der Waals surface area contributed by atoms with E-state index in [-0.39, 0.29) is 5.91 Å². The lowest BCUT2D eigenvalue weighted by Crippen LogP contribution is -2.16. The second kappa shape index (κ2) is 4.80. The van der Waals surface area contributed by atoms with Crippen LogP contribution in [0, 0.1) is 11.8 Å². The van der Waals surface area contributed by atoms with Crippen molar-refractivity contribution in [3.63, 3.8) is 0 Å². The van der Waals surface area contributed by atoms with Crippen molar-refractivity contribution in [2.45, 2.75) is 6.42 Å². The third-order valence-corrected chi connectivity index (χ3v) is 3.29. The summed E-state index contributed by atoms with van der Waals surface area (Å²) in [6.45, 7) is 0. The second-order valence-corrected chi connectivity index (χ2v) is 4.72. The first-order valence-corrected chi connectivity index (χ1v) is 6.18. The molecule has 1 heterocycles. The monoisotopic (exact) mass is 272 g/mol. The Balaban J connectivity index is 1.71. The zero-order valence-corrected chi connectivity index (χ0v) is 10.4. The summed E-state index contributed by atoms with van der Waals surface area (Å²) in [6.07, 6.45) is 3.33. The Hall–Kier alpha value is -2.63. The lowest BCUT2D eigenvalue weighted by Gasteiger charge is -2.05. The summed E-state index contributed by atoms with van der Waals surface area (Å²) in [5.41, 5.74) is 1.41. The number of carbonyl (C=O) groups is 2. The van der Waals surface area contributed by atoms with Gasteiger partial charge in [0.2, 0.25) is 5.91 Å². The summed E-state index contributed by atoms with van der Waals surface area (Å²) in [6, 6.07) is 7.13. The van der Waals surface area contributed by atoms with Crippen molar-refractivity contribution < 1.29 is 19.1 Å². The van der Waals surface area contributed by atoms with E-state index in [1.54, 1.807) is 24.4 Å². The van der Waals surface area contributed by atoms with Gasteiger partial charge in [0.25, 0.3) is 0 Å². The number of benzene rings is 1. The quantitative estimate of drug-likeness (QED) is 0.888. The molecule has 1 saturated carbocycles. The number of aromatic nitrogens is 1. The van der Waals surface area contributed by atoms with Crippen LogP contribution in [0.3, 0.4) is 0 Å². The predicted octanol–water partition coefficient (Wildman–Crippen LogP) is 2.00. The Morgan fingerprint density at radius 1 is 1.35 bits per heavy atom. The fourth-order valence-electron chi connectivity index (χ4n) is 2.10. The van der Waals surface area contributed by atoms with Crippen LogP contribution in [-0.2, 0) is 9.59 Å². The molecule has 2 atom stereocenters. The molecule has 1 aliphatic rings. The molecular formula is C14H12N2O4. The number of carbonyl (C=O) groups excluding carboxylic acids is 1. The maximum atomic E-state index is 11.9. The summed E-state index contributed by atoms with van der Waals surface area (Å²) in [5, 5.41) is 11.5. The van der Waals surface area contributed by atoms with Gasteiger partial charge in [-0.25, -0.2) is 4.98 Å². The van der Waals surface area contributed by atoms with Crippen LogP contribution in [0.4, 0.5) is 5.69 Å². The van der Waals surface area contributed by atoms with E-state index in [2.05, 4.69) is 10.3 Å². The number of hydrogen-bond donors (Lipinski definition) is 2. The number of carboxylic acids is 1. The predicted molar refractivity (Wildman–Crippen MR) is 69.8 cm³/mol. The minimum atomic E-state index is -0.916. The molecular weight excluding hydrogens is 260 g/mol. The lowest BCUT2D eigenvalue weighted by molar-refractivity contribution is -0.139. The molecule has 0 radical (unpaired) electrons. The van der Waals surface area contributed by atoms with Gasteiger partial charge < -0.3 is 14.8 Å². The van der Waals surface area contributed by atoms with E-state index in [9.17, 15) is 9.59 Å². The first-order chi connectivity index (χ1) is 9.65. The first kappa shape index (κ1) is 12.4. The van der Waals surface area contributed by atoms with E-state index >= 15 is 0 Å². The molecule has 0 bridgehead atoms. The standard InChI is InChI=1S/C14H12N2O4/c17-13(10-5-11(10)14(18)19)16-9-3-1-2-8(4-9)12-6-15-7-20-12/h1-4,6-7,10-11H,5H2,(H,16,17)(H,18,19).